The first kappa shape index (κ1) is 16.8. The number of oxazole rings is 1. The fourth-order valence-corrected chi connectivity index (χ4v) is 2.48. The number of rotatable bonds is 4. The van der Waals surface area contributed by atoms with Crippen LogP contribution in [0.4, 0.5) is 13.2 Å². The first-order valence-electron chi connectivity index (χ1n) is 7.34. The van der Waals surface area contributed by atoms with Crippen molar-refractivity contribution >= 4 is 5.78 Å². The van der Waals surface area contributed by atoms with Gasteiger partial charge in [0.05, 0.1) is 5.56 Å². The highest BCUT2D eigenvalue weighted by Crippen LogP contribution is 2.30. The molecule has 7 heteroatoms. The van der Waals surface area contributed by atoms with Crippen LogP contribution in [0.1, 0.15) is 16.1 Å². The minimum Gasteiger partial charge on any atom is -0.476 e. The Balaban J connectivity index is 2.18. The van der Waals surface area contributed by atoms with Gasteiger partial charge in [0, 0.05) is 5.56 Å². The first-order valence-corrected chi connectivity index (χ1v) is 7.34. The predicted octanol–water partition coefficient (Wildman–Crippen LogP) is 3.73. The van der Waals surface area contributed by atoms with Crippen LogP contribution in [-0.4, -0.2) is 17.1 Å². The van der Waals surface area contributed by atoms with Crippen molar-refractivity contribution in [2.75, 3.05) is 0 Å². The van der Waals surface area contributed by atoms with Crippen molar-refractivity contribution in [1.82, 2.24) is 0 Å². The zero-order chi connectivity index (χ0) is 18.0. The Morgan fingerprint density at radius 2 is 1.56 bits per heavy atom. The smallest absolute Gasteiger partial charge is 0.461 e. The standard InChI is InChI=1S/C18H12F3NO3/c19-18(20,21)15(23)14-17(24)25-16(13-9-5-2-6-10-13)22(14)11-12-7-3-1-4-8-12/h1-10H,11H2/p+1. The van der Waals surface area contributed by atoms with Crippen LogP contribution in [-0.2, 0) is 6.54 Å². The Hall–Kier alpha value is -3.09. The zero-order valence-corrected chi connectivity index (χ0v) is 12.8. The lowest BCUT2D eigenvalue weighted by Gasteiger charge is -2.03. The largest absolute Gasteiger partial charge is 0.476 e. The van der Waals surface area contributed by atoms with Crippen LogP contribution in [0.2, 0.25) is 0 Å². The molecule has 0 aliphatic rings. The molecule has 0 saturated heterocycles. The highest BCUT2D eigenvalue weighted by Gasteiger charge is 2.49. The van der Waals surface area contributed by atoms with E-state index in [-0.39, 0.29) is 12.4 Å². The van der Waals surface area contributed by atoms with E-state index in [1.165, 1.54) is 0 Å². The van der Waals surface area contributed by atoms with Crippen LogP contribution in [0.5, 0.6) is 5.95 Å². The average Bonchev–Trinajstić information content (AvgIpc) is 2.91. The van der Waals surface area contributed by atoms with E-state index >= 15 is 0 Å². The number of alkyl halides is 3. The van der Waals surface area contributed by atoms with Crippen molar-refractivity contribution < 1.29 is 32.1 Å². The molecule has 3 rings (SSSR count). The van der Waals surface area contributed by atoms with E-state index in [9.17, 15) is 23.1 Å². The SMILES string of the molecule is O=C(c1c(O)oc(-c2ccccc2)[n+]1Cc1ccccc1)C(F)(F)F. The number of benzene rings is 2. The van der Waals surface area contributed by atoms with Crippen molar-refractivity contribution in [3.63, 3.8) is 0 Å². The Kier molecular flexibility index (Phi) is 4.31. The van der Waals surface area contributed by atoms with Crippen LogP contribution >= 0.6 is 0 Å². The van der Waals surface area contributed by atoms with Gasteiger partial charge >= 0.3 is 29.5 Å². The maximum Gasteiger partial charge on any atom is 0.461 e. The minimum atomic E-state index is -5.13. The molecule has 0 atom stereocenters. The second-order valence-electron chi connectivity index (χ2n) is 5.33. The molecule has 0 aliphatic carbocycles. The van der Waals surface area contributed by atoms with Crippen molar-refractivity contribution in [1.29, 1.82) is 0 Å². The maximum atomic E-state index is 12.9. The van der Waals surface area contributed by atoms with Gasteiger partial charge in [0.1, 0.15) is 0 Å². The Bertz CT molecular complexity index is 887. The van der Waals surface area contributed by atoms with Crippen LogP contribution in [0, 0.1) is 0 Å². The summed E-state index contributed by atoms with van der Waals surface area (Å²) in [7, 11) is 0. The number of aromatic hydroxyl groups is 1. The normalized spacial score (nSPS) is 11.5. The molecule has 0 radical (unpaired) electrons. The molecule has 128 valence electrons. The van der Waals surface area contributed by atoms with E-state index in [1.54, 1.807) is 60.7 Å². The summed E-state index contributed by atoms with van der Waals surface area (Å²) in [6, 6.07) is 16.9. The number of carbonyl (C=O) groups is 1. The molecule has 0 spiro atoms. The number of Topliss-reactive ketones (excluding diaryl/α,β-unsaturated/α-hetero) is 1. The van der Waals surface area contributed by atoms with Crippen molar-refractivity contribution in [3.05, 3.63) is 71.9 Å². The molecule has 1 aromatic heterocycles. The lowest BCUT2D eigenvalue weighted by atomic mass is 10.2. The third-order valence-corrected chi connectivity index (χ3v) is 3.59. The lowest BCUT2D eigenvalue weighted by molar-refractivity contribution is -0.681. The second kappa shape index (κ2) is 6.43. The lowest BCUT2D eigenvalue weighted by Crippen LogP contribution is -2.43. The van der Waals surface area contributed by atoms with Crippen molar-refractivity contribution in [2.24, 2.45) is 0 Å². The molecule has 0 unspecified atom stereocenters. The molecule has 0 fully saturated rings. The van der Waals surface area contributed by atoms with E-state index in [1.807, 2.05) is 0 Å². The number of aromatic nitrogens is 1. The van der Waals surface area contributed by atoms with E-state index < -0.39 is 23.6 Å². The van der Waals surface area contributed by atoms with Gasteiger partial charge in [-0.2, -0.15) is 13.2 Å². The van der Waals surface area contributed by atoms with Gasteiger partial charge in [-0.1, -0.05) is 48.5 Å². The fourth-order valence-electron chi connectivity index (χ4n) is 2.48. The highest BCUT2D eigenvalue weighted by molar-refractivity contribution is 5.99. The predicted molar refractivity (Wildman–Crippen MR) is 81.9 cm³/mol. The number of carbonyl (C=O) groups excluding carboxylic acids is 1. The fraction of sp³-hybridized carbons (Fsp3) is 0.111. The highest BCUT2D eigenvalue weighted by atomic mass is 19.4. The van der Waals surface area contributed by atoms with Gasteiger partial charge < -0.3 is 9.52 Å². The summed E-state index contributed by atoms with van der Waals surface area (Å²) in [5, 5.41) is 9.88. The third kappa shape index (κ3) is 3.40. The molecule has 1 N–H and O–H groups in total. The van der Waals surface area contributed by atoms with Gasteiger partial charge in [-0.05, 0) is 12.1 Å². The van der Waals surface area contributed by atoms with Gasteiger partial charge in [0.2, 0.25) is 0 Å². The number of halogens is 3. The maximum absolute atomic E-state index is 12.9. The summed E-state index contributed by atoms with van der Waals surface area (Å²) in [5.41, 5.74) is 0.173. The number of ketones is 1. The molecule has 0 amide bonds. The van der Waals surface area contributed by atoms with E-state index in [0.29, 0.717) is 11.1 Å². The van der Waals surface area contributed by atoms with E-state index in [2.05, 4.69) is 0 Å². The first-order chi connectivity index (χ1) is 11.9. The average molecular weight is 348 g/mol. The molecule has 3 aromatic rings. The van der Waals surface area contributed by atoms with E-state index in [0.717, 1.165) is 4.57 Å². The Morgan fingerprint density at radius 1 is 1.00 bits per heavy atom. The summed E-state index contributed by atoms with van der Waals surface area (Å²) in [6.07, 6.45) is -5.13. The second-order valence-corrected chi connectivity index (χ2v) is 5.33. The van der Waals surface area contributed by atoms with Crippen molar-refractivity contribution in [2.45, 2.75) is 12.7 Å². The molecule has 0 bridgehead atoms. The van der Waals surface area contributed by atoms with E-state index in [4.69, 9.17) is 4.42 Å². The molecule has 1 heterocycles. The number of hydrogen-bond acceptors (Lipinski definition) is 3. The summed E-state index contributed by atoms with van der Waals surface area (Å²) < 4.78 is 44.9. The Labute approximate surface area is 140 Å². The number of nitrogens with zero attached hydrogens (tertiary/aromatic N) is 1. The zero-order valence-electron chi connectivity index (χ0n) is 12.8. The summed E-state index contributed by atoms with van der Waals surface area (Å²) in [6.45, 7) is -0.0632. The summed E-state index contributed by atoms with van der Waals surface area (Å²) in [4.78, 5) is 11.8. The molecule has 4 nitrogen and oxygen atoms in total. The third-order valence-electron chi connectivity index (χ3n) is 3.59. The molecular formula is C18H13F3NO3+. The molecule has 0 saturated carbocycles. The van der Waals surface area contributed by atoms with Crippen LogP contribution in [0.25, 0.3) is 11.5 Å². The Morgan fingerprint density at radius 3 is 2.12 bits per heavy atom. The number of hydrogen-bond donors (Lipinski definition) is 1. The molecular weight excluding hydrogens is 335 g/mol. The summed E-state index contributed by atoms with van der Waals surface area (Å²) in [5.74, 6) is -3.25. The van der Waals surface area contributed by atoms with Crippen LogP contribution < -0.4 is 4.57 Å². The van der Waals surface area contributed by atoms with Crippen LogP contribution in [0.3, 0.4) is 0 Å². The molecule has 0 aliphatic heterocycles. The topological polar surface area (TPSA) is 54.3 Å². The summed E-state index contributed by atoms with van der Waals surface area (Å²) >= 11 is 0. The molecule has 2 aromatic carbocycles. The van der Waals surface area contributed by atoms with Crippen LogP contribution in [0.15, 0.2) is 65.1 Å². The van der Waals surface area contributed by atoms with Gasteiger partial charge in [-0.3, -0.25) is 4.79 Å². The van der Waals surface area contributed by atoms with Crippen molar-refractivity contribution in [3.8, 4) is 17.4 Å². The minimum absolute atomic E-state index is 0.0328. The van der Waals surface area contributed by atoms with Gasteiger partial charge in [0.25, 0.3) is 0 Å². The van der Waals surface area contributed by atoms with Gasteiger partial charge in [-0.25, -0.2) is 0 Å². The molecule has 25 heavy (non-hydrogen) atoms. The van der Waals surface area contributed by atoms with Gasteiger partial charge in [-0.15, -0.1) is 4.57 Å². The quantitative estimate of drug-likeness (QED) is 0.577. The monoisotopic (exact) mass is 348 g/mol. The van der Waals surface area contributed by atoms with Gasteiger partial charge in [0.15, 0.2) is 6.54 Å².